The first-order chi connectivity index (χ1) is 12.3. The third kappa shape index (κ3) is 4.69. The van der Waals surface area contributed by atoms with Gasteiger partial charge in [-0.1, -0.05) is 43.7 Å². The Morgan fingerprint density at radius 1 is 1.28 bits per heavy atom. The highest BCUT2D eigenvalue weighted by molar-refractivity contribution is 5.81. The first-order valence-corrected chi connectivity index (χ1v) is 9.33. The molecule has 1 fully saturated rings. The van der Waals surface area contributed by atoms with Crippen molar-refractivity contribution in [2.24, 2.45) is 0 Å². The number of benzene rings is 1. The second-order valence-corrected chi connectivity index (χ2v) is 6.65. The fourth-order valence-corrected chi connectivity index (χ4v) is 3.57. The number of aryl methyl sites for hydroxylation is 1. The first-order valence-electron chi connectivity index (χ1n) is 9.33. The molecule has 5 heteroatoms. The van der Waals surface area contributed by atoms with E-state index in [1.54, 1.807) is 0 Å². The average Bonchev–Trinajstić information content (AvgIpc) is 3.10. The van der Waals surface area contributed by atoms with E-state index in [9.17, 15) is 4.79 Å². The highest BCUT2D eigenvalue weighted by atomic mass is 16.2. The third-order valence-corrected chi connectivity index (χ3v) is 4.91. The first kappa shape index (κ1) is 17.7. The second kappa shape index (κ2) is 8.81. The molecule has 1 aromatic heterocycles. The van der Waals surface area contributed by atoms with Gasteiger partial charge in [-0.2, -0.15) is 0 Å². The van der Waals surface area contributed by atoms with Crippen LogP contribution in [0.2, 0.25) is 0 Å². The van der Waals surface area contributed by atoms with Crippen LogP contribution in [0.1, 0.15) is 37.6 Å². The van der Waals surface area contributed by atoms with Crippen LogP contribution in [0.5, 0.6) is 0 Å². The molecule has 2 aromatic rings. The van der Waals surface area contributed by atoms with Gasteiger partial charge in [0.05, 0.1) is 6.04 Å². The minimum atomic E-state index is -0.0117. The van der Waals surface area contributed by atoms with E-state index in [1.165, 1.54) is 12.0 Å². The molecule has 1 aliphatic rings. The Labute approximate surface area is 150 Å². The normalized spacial score (nSPS) is 18.2. The summed E-state index contributed by atoms with van der Waals surface area (Å²) in [5.74, 6) is 1.23. The predicted molar refractivity (Wildman–Crippen MR) is 99.1 cm³/mol. The summed E-state index contributed by atoms with van der Waals surface area (Å²) in [6, 6.07) is 10.4. The van der Waals surface area contributed by atoms with E-state index in [0.29, 0.717) is 6.54 Å². The molecular formula is C20H28N4O. The molecule has 0 radical (unpaired) electrons. The lowest BCUT2D eigenvalue weighted by atomic mass is 10.0. The van der Waals surface area contributed by atoms with E-state index in [2.05, 4.69) is 51.0 Å². The molecule has 0 spiro atoms. The van der Waals surface area contributed by atoms with Crippen LogP contribution in [-0.4, -0.2) is 39.5 Å². The zero-order valence-electron chi connectivity index (χ0n) is 15.0. The van der Waals surface area contributed by atoms with Gasteiger partial charge in [-0.05, 0) is 24.9 Å². The lowest BCUT2D eigenvalue weighted by molar-refractivity contribution is -0.127. The van der Waals surface area contributed by atoms with E-state index in [4.69, 9.17) is 0 Å². The molecule has 1 atom stereocenters. The van der Waals surface area contributed by atoms with E-state index in [0.717, 1.165) is 44.7 Å². The predicted octanol–water partition coefficient (Wildman–Crippen LogP) is 2.62. The van der Waals surface area contributed by atoms with Crippen molar-refractivity contribution in [1.82, 2.24) is 19.8 Å². The summed E-state index contributed by atoms with van der Waals surface area (Å²) in [5.41, 5.74) is 1.27. The molecule has 0 aliphatic carbocycles. The van der Waals surface area contributed by atoms with Crippen molar-refractivity contribution in [2.75, 3.05) is 13.1 Å². The smallest absolute Gasteiger partial charge is 0.237 e. The lowest BCUT2D eigenvalue weighted by Gasteiger charge is -2.34. The minimum absolute atomic E-state index is 0.0117. The summed E-state index contributed by atoms with van der Waals surface area (Å²) >= 11 is 0. The van der Waals surface area contributed by atoms with E-state index >= 15 is 0 Å². The SMILES string of the molecule is CCc1nccn1CCNC(=O)[C@@H]1CCCCN1Cc1ccccc1. The van der Waals surface area contributed by atoms with Gasteiger partial charge in [0.2, 0.25) is 5.91 Å². The van der Waals surface area contributed by atoms with E-state index in [1.807, 2.05) is 18.5 Å². The standard InChI is InChI=1S/C20H28N4O/c1-2-19-21-11-14-23(19)15-12-22-20(25)18-10-6-7-13-24(18)16-17-8-4-3-5-9-17/h3-5,8-9,11,14,18H,2,6-7,10,12-13,15-16H2,1H3,(H,22,25)/t18-/m0/s1. The van der Waals surface area contributed by atoms with Gasteiger partial charge < -0.3 is 9.88 Å². The lowest BCUT2D eigenvalue weighted by Crippen LogP contribution is -2.49. The second-order valence-electron chi connectivity index (χ2n) is 6.65. The van der Waals surface area contributed by atoms with Crippen LogP contribution in [0.4, 0.5) is 0 Å². The molecule has 0 bridgehead atoms. The quantitative estimate of drug-likeness (QED) is 0.843. The molecular weight excluding hydrogens is 312 g/mol. The van der Waals surface area contributed by atoms with Crippen molar-refractivity contribution in [3.05, 3.63) is 54.1 Å². The Morgan fingerprint density at radius 2 is 2.12 bits per heavy atom. The number of amides is 1. The Bertz CT molecular complexity index is 667. The van der Waals surface area contributed by atoms with Crippen LogP contribution in [-0.2, 0) is 24.3 Å². The largest absolute Gasteiger partial charge is 0.353 e. The van der Waals surface area contributed by atoms with Crippen molar-refractivity contribution >= 4 is 5.91 Å². The van der Waals surface area contributed by atoms with Gasteiger partial charge in [0, 0.05) is 38.4 Å². The maximum atomic E-state index is 12.7. The van der Waals surface area contributed by atoms with Crippen LogP contribution >= 0.6 is 0 Å². The fourth-order valence-electron chi connectivity index (χ4n) is 3.57. The number of likely N-dealkylation sites (tertiary alicyclic amines) is 1. The van der Waals surface area contributed by atoms with Gasteiger partial charge in [-0.3, -0.25) is 9.69 Å². The van der Waals surface area contributed by atoms with Gasteiger partial charge >= 0.3 is 0 Å². The zero-order chi connectivity index (χ0) is 17.5. The molecule has 1 amide bonds. The molecule has 1 aliphatic heterocycles. The third-order valence-electron chi connectivity index (χ3n) is 4.91. The summed E-state index contributed by atoms with van der Waals surface area (Å²) in [6.07, 6.45) is 7.96. The van der Waals surface area contributed by atoms with Gasteiger partial charge in [0.25, 0.3) is 0 Å². The van der Waals surface area contributed by atoms with Crippen LogP contribution in [0, 0.1) is 0 Å². The molecule has 1 aromatic carbocycles. The number of hydrogen-bond donors (Lipinski definition) is 1. The molecule has 3 rings (SSSR count). The van der Waals surface area contributed by atoms with Crippen molar-refractivity contribution in [3.63, 3.8) is 0 Å². The molecule has 0 unspecified atom stereocenters. The molecule has 134 valence electrons. The Morgan fingerprint density at radius 3 is 2.92 bits per heavy atom. The van der Waals surface area contributed by atoms with Crippen LogP contribution in [0.15, 0.2) is 42.7 Å². The number of imidazole rings is 1. The minimum Gasteiger partial charge on any atom is -0.353 e. The van der Waals surface area contributed by atoms with Crippen molar-refractivity contribution in [3.8, 4) is 0 Å². The average molecular weight is 340 g/mol. The summed E-state index contributed by atoms with van der Waals surface area (Å²) in [6.45, 7) is 5.37. The number of carbonyl (C=O) groups is 1. The molecule has 0 saturated carbocycles. The molecule has 1 N–H and O–H groups in total. The number of nitrogens with one attached hydrogen (secondary N) is 1. The number of rotatable bonds is 7. The Balaban J connectivity index is 1.53. The maximum Gasteiger partial charge on any atom is 0.237 e. The van der Waals surface area contributed by atoms with Crippen molar-refractivity contribution in [1.29, 1.82) is 0 Å². The molecule has 25 heavy (non-hydrogen) atoms. The van der Waals surface area contributed by atoms with Crippen LogP contribution < -0.4 is 5.32 Å². The van der Waals surface area contributed by atoms with Crippen LogP contribution in [0.25, 0.3) is 0 Å². The van der Waals surface area contributed by atoms with E-state index < -0.39 is 0 Å². The fraction of sp³-hybridized carbons (Fsp3) is 0.500. The molecule has 2 heterocycles. The highest BCUT2D eigenvalue weighted by Crippen LogP contribution is 2.19. The number of aromatic nitrogens is 2. The number of carbonyl (C=O) groups excluding carboxylic acids is 1. The summed E-state index contributed by atoms with van der Waals surface area (Å²) < 4.78 is 2.11. The maximum absolute atomic E-state index is 12.7. The number of piperidine rings is 1. The van der Waals surface area contributed by atoms with Crippen LogP contribution in [0.3, 0.4) is 0 Å². The summed E-state index contributed by atoms with van der Waals surface area (Å²) in [4.78, 5) is 19.3. The van der Waals surface area contributed by atoms with Gasteiger partial charge in [-0.25, -0.2) is 4.98 Å². The number of hydrogen-bond acceptors (Lipinski definition) is 3. The highest BCUT2D eigenvalue weighted by Gasteiger charge is 2.28. The van der Waals surface area contributed by atoms with Gasteiger partial charge in [-0.15, -0.1) is 0 Å². The Kier molecular flexibility index (Phi) is 6.23. The monoisotopic (exact) mass is 340 g/mol. The van der Waals surface area contributed by atoms with Crippen molar-refractivity contribution < 1.29 is 4.79 Å². The van der Waals surface area contributed by atoms with E-state index in [-0.39, 0.29) is 11.9 Å². The van der Waals surface area contributed by atoms with Gasteiger partial charge in [0.1, 0.15) is 5.82 Å². The molecule has 5 nitrogen and oxygen atoms in total. The Hall–Kier alpha value is -2.14. The topological polar surface area (TPSA) is 50.2 Å². The summed E-state index contributed by atoms with van der Waals surface area (Å²) in [5, 5.41) is 3.13. The molecule has 1 saturated heterocycles. The number of nitrogens with zero attached hydrogens (tertiary/aromatic N) is 3. The van der Waals surface area contributed by atoms with Gasteiger partial charge in [0.15, 0.2) is 0 Å². The zero-order valence-corrected chi connectivity index (χ0v) is 15.0. The van der Waals surface area contributed by atoms with Crippen molar-refractivity contribution in [2.45, 2.75) is 51.7 Å². The summed E-state index contributed by atoms with van der Waals surface area (Å²) in [7, 11) is 0.